The molecule has 1 saturated heterocycles. The standard InChI is InChI=1S/C12H25NO4S/c1-2-9-17-12-6-5-7-13(11-12)18(15,16)10-4-3-8-14/h12,14H,2-11H2,1H3. The molecule has 0 aromatic rings. The second-order valence-electron chi connectivity index (χ2n) is 4.74. The van der Waals surface area contributed by atoms with Gasteiger partial charge in [0.15, 0.2) is 0 Å². The number of ether oxygens (including phenoxy) is 1. The molecule has 0 aromatic heterocycles. The number of rotatable bonds is 8. The summed E-state index contributed by atoms with van der Waals surface area (Å²) in [7, 11) is -3.17. The lowest BCUT2D eigenvalue weighted by molar-refractivity contribution is 0.0193. The summed E-state index contributed by atoms with van der Waals surface area (Å²) in [5.41, 5.74) is 0. The fourth-order valence-electron chi connectivity index (χ4n) is 2.10. The summed E-state index contributed by atoms with van der Waals surface area (Å²) in [6.07, 6.45) is 3.89. The molecule has 0 spiro atoms. The highest BCUT2D eigenvalue weighted by Crippen LogP contribution is 2.17. The molecule has 1 fully saturated rings. The Balaban J connectivity index is 2.43. The first-order valence-electron chi connectivity index (χ1n) is 6.80. The Morgan fingerprint density at radius 1 is 1.39 bits per heavy atom. The Morgan fingerprint density at radius 3 is 2.83 bits per heavy atom. The molecule has 6 heteroatoms. The van der Waals surface area contributed by atoms with E-state index in [-0.39, 0.29) is 18.5 Å². The number of aliphatic hydroxyl groups excluding tert-OH is 1. The summed E-state index contributed by atoms with van der Waals surface area (Å²) < 4.78 is 31.3. The predicted molar refractivity (Wildman–Crippen MR) is 70.9 cm³/mol. The van der Waals surface area contributed by atoms with Crippen LogP contribution in [0.15, 0.2) is 0 Å². The first-order chi connectivity index (χ1) is 8.60. The largest absolute Gasteiger partial charge is 0.396 e. The lowest BCUT2D eigenvalue weighted by atomic mass is 10.1. The van der Waals surface area contributed by atoms with Gasteiger partial charge in [-0.2, -0.15) is 4.31 Å². The van der Waals surface area contributed by atoms with Crippen LogP contribution in [0.1, 0.15) is 39.0 Å². The van der Waals surface area contributed by atoms with Gasteiger partial charge >= 0.3 is 0 Å². The maximum atomic E-state index is 12.1. The van der Waals surface area contributed by atoms with Crippen LogP contribution in [-0.2, 0) is 14.8 Å². The second kappa shape index (κ2) is 8.09. The highest BCUT2D eigenvalue weighted by molar-refractivity contribution is 7.89. The summed E-state index contributed by atoms with van der Waals surface area (Å²) >= 11 is 0. The molecule has 1 atom stereocenters. The van der Waals surface area contributed by atoms with Crippen molar-refractivity contribution < 1.29 is 18.3 Å². The van der Waals surface area contributed by atoms with Crippen molar-refractivity contribution >= 4 is 10.0 Å². The molecule has 0 amide bonds. The van der Waals surface area contributed by atoms with Crippen LogP contribution >= 0.6 is 0 Å². The summed E-state index contributed by atoms with van der Waals surface area (Å²) in [6, 6.07) is 0. The molecule has 1 N–H and O–H groups in total. The van der Waals surface area contributed by atoms with E-state index in [1.165, 1.54) is 0 Å². The maximum absolute atomic E-state index is 12.1. The fourth-order valence-corrected chi connectivity index (χ4v) is 3.73. The molecular weight excluding hydrogens is 254 g/mol. The first-order valence-corrected chi connectivity index (χ1v) is 8.41. The summed E-state index contributed by atoms with van der Waals surface area (Å²) in [4.78, 5) is 0. The lowest BCUT2D eigenvalue weighted by Gasteiger charge is -2.31. The van der Waals surface area contributed by atoms with E-state index < -0.39 is 10.0 Å². The molecule has 1 heterocycles. The van der Waals surface area contributed by atoms with Gasteiger partial charge in [0.05, 0.1) is 11.9 Å². The molecular formula is C12H25NO4S. The molecule has 108 valence electrons. The molecule has 0 saturated carbocycles. The minimum atomic E-state index is -3.17. The van der Waals surface area contributed by atoms with Crippen molar-refractivity contribution in [3.63, 3.8) is 0 Å². The zero-order valence-corrected chi connectivity index (χ0v) is 12.0. The Bertz CT molecular complexity index is 318. The van der Waals surface area contributed by atoms with Crippen molar-refractivity contribution in [2.24, 2.45) is 0 Å². The smallest absolute Gasteiger partial charge is 0.214 e. The van der Waals surface area contributed by atoms with Gasteiger partial charge in [0.2, 0.25) is 10.0 Å². The van der Waals surface area contributed by atoms with Gasteiger partial charge in [-0.05, 0) is 32.1 Å². The van der Waals surface area contributed by atoms with Crippen LogP contribution in [0.3, 0.4) is 0 Å². The van der Waals surface area contributed by atoms with Crippen molar-refractivity contribution in [3.8, 4) is 0 Å². The number of hydrogen-bond donors (Lipinski definition) is 1. The van der Waals surface area contributed by atoms with Crippen molar-refractivity contribution in [2.45, 2.75) is 45.1 Å². The average molecular weight is 279 g/mol. The number of hydrogen-bond acceptors (Lipinski definition) is 4. The van der Waals surface area contributed by atoms with E-state index in [2.05, 4.69) is 0 Å². The molecule has 1 aliphatic heterocycles. The molecule has 0 radical (unpaired) electrons. The normalized spacial score (nSPS) is 22.2. The molecule has 0 bridgehead atoms. The molecule has 1 unspecified atom stereocenters. The quantitative estimate of drug-likeness (QED) is 0.673. The predicted octanol–water partition coefficient (Wildman–Crippen LogP) is 0.980. The third kappa shape index (κ3) is 5.22. The van der Waals surface area contributed by atoms with E-state index in [0.29, 0.717) is 32.5 Å². The molecule has 5 nitrogen and oxygen atoms in total. The molecule has 0 aliphatic carbocycles. The minimum absolute atomic E-state index is 0.0475. The van der Waals surface area contributed by atoms with Gasteiger partial charge in [0.25, 0.3) is 0 Å². The van der Waals surface area contributed by atoms with Gasteiger partial charge in [-0.1, -0.05) is 6.92 Å². The molecule has 1 rings (SSSR count). The summed E-state index contributed by atoms with van der Waals surface area (Å²) in [6.45, 7) is 3.89. The average Bonchev–Trinajstić information content (AvgIpc) is 2.37. The van der Waals surface area contributed by atoms with Crippen molar-refractivity contribution in [2.75, 3.05) is 32.1 Å². The monoisotopic (exact) mass is 279 g/mol. The number of piperidine rings is 1. The maximum Gasteiger partial charge on any atom is 0.214 e. The number of sulfonamides is 1. The van der Waals surface area contributed by atoms with Gasteiger partial charge in [-0.25, -0.2) is 8.42 Å². The van der Waals surface area contributed by atoms with E-state index in [0.717, 1.165) is 19.3 Å². The molecule has 1 aliphatic rings. The molecule has 0 aromatic carbocycles. The third-order valence-corrected chi connectivity index (χ3v) is 5.03. The Hall–Kier alpha value is -0.170. The van der Waals surface area contributed by atoms with Gasteiger partial charge in [0.1, 0.15) is 0 Å². The highest BCUT2D eigenvalue weighted by atomic mass is 32.2. The van der Waals surface area contributed by atoms with Crippen LogP contribution in [0.4, 0.5) is 0 Å². The molecule has 18 heavy (non-hydrogen) atoms. The number of nitrogens with zero attached hydrogens (tertiary/aromatic N) is 1. The van der Waals surface area contributed by atoms with E-state index >= 15 is 0 Å². The van der Waals surface area contributed by atoms with Gasteiger partial charge in [-0.15, -0.1) is 0 Å². The first kappa shape index (κ1) is 15.9. The van der Waals surface area contributed by atoms with Crippen LogP contribution in [0.25, 0.3) is 0 Å². The van der Waals surface area contributed by atoms with Crippen molar-refractivity contribution in [1.82, 2.24) is 4.31 Å². The lowest BCUT2D eigenvalue weighted by Crippen LogP contribution is -2.44. The van der Waals surface area contributed by atoms with E-state index in [1.54, 1.807) is 4.31 Å². The zero-order chi connectivity index (χ0) is 13.4. The highest BCUT2D eigenvalue weighted by Gasteiger charge is 2.28. The Kier molecular flexibility index (Phi) is 7.14. The van der Waals surface area contributed by atoms with Gasteiger partial charge in [0, 0.05) is 26.3 Å². The van der Waals surface area contributed by atoms with Crippen molar-refractivity contribution in [3.05, 3.63) is 0 Å². The van der Waals surface area contributed by atoms with Crippen LogP contribution < -0.4 is 0 Å². The van der Waals surface area contributed by atoms with E-state index in [9.17, 15) is 8.42 Å². The summed E-state index contributed by atoms with van der Waals surface area (Å²) in [5.74, 6) is 0.133. The SMILES string of the molecule is CCCOC1CCCN(S(=O)(=O)CCCCO)C1. The number of aliphatic hydroxyl groups is 1. The van der Waals surface area contributed by atoms with E-state index in [4.69, 9.17) is 9.84 Å². The van der Waals surface area contributed by atoms with Crippen LogP contribution in [0, 0.1) is 0 Å². The Labute approximate surface area is 110 Å². The van der Waals surface area contributed by atoms with E-state index in [1.807, 2.05) is 6.92 Å². The van der Waals surface area contributed by atoms with Gasteiger partial charge in [-0.3, -0.25) is 0 Å². The Morgan fingerprint density at radius 2 is 2.17 bits per heavy atom. The summed E-state index contributed by atoms with van der Waals surface area (Å²) in [5, 5.41) is 8.68. The fraction of sp³-hybridized carbons (Fsp3) is 1.00. The van der Waals surface area contributed by atoms with Crippen LogP contribution in [0.5, 0.6) is 0 Å². The van der Waals surface area contributed by atoms with Crippen LogP contribution in [0.2, 0.25) is 0 Å². The van der Waals surface area contributed by atoms with Crippen molar-refractivity contribution in [1.29, 1.82) is 0 Å². The zero-order valence-electron chi connectivity index (χ0n) is 11.2. The minimum Gasteiger partial charge on any atom is -0.396 e. The van der Waals surface area contributed by atoms with Gasteiger partial charge < -0.3 is 9.84 Å². The topological polar surface area (TPSA) is 66.8 Å². The van der Waals surface area contributed by atoms with Crippen LogP contribution in [-0.4, -0.2) is 56.0 Å². The number of unbranched alkanes of at least 4 members (excludes halogenated alkanes) is 1. The second-order valence-corrected chi connectivity index (χ2v) is 6.83. The third-order valence-electron chi connectivity index (χ3n) is 3.10.